The van der Waals surface area contributed by atoms with Crippen LogP contribution in [0.1, 0.15) is 41.5 Å². The van der Waals surface area contributed by atoms with E-state index in [0.29, 0.717) is 22.5 Å². The molecule has 0 aliphatic carbocycles. The lowest BCUT2D eigenvalue weighted by Gasteiger charge is -2.10. The lowest BCUT2D eigenvalue weighted by atomic mass is 10.1. The third-order valence-corrected chi connectivity index (χ3v) is 3.25. The summed E-state index contributed by atoms with van der Waals surface area (Å²) < 4.78 is 5.10. The van der Waals surface area contributed by atoms with E-state index in [4.69, 9.17) is 4.74 Å². The molecule has 0 aliphatic heterocycles. The number of urea groups is 1. The third kappa shape index (κ3) is 5.46. The van der Waals surface area contributed by atoms with E-state index < -0.39 is 12.0 Å². The highest BCUT2D eigenvalue weighted by atomic mass is 16.5. The van der Waals surface area contributed by atoms with Gasteiger partial charge in [-0.15, -0.1) is 0 Å². The Hall–Kier alpha value is -3.15. The summed E-state index contributed by atoms with van der Waals surface area (Å²) in [5.41, 5.74) is 1.98. The first-order valence-corrected chi connectivity index (χ1v) is 7.85. The minimum absolute atomic E-state index is 0.0760. The molecule has 0 saturated carbocycles. The van der Waals surface area contributed by atoms with Gasteiger partial charge in [-0.2, -0.15) is 0 Å². The summed E-state index contributed by atoms with van der Waals surface area (Å²) in [6, 6.07) is 12.6. The summed E-state index contributed by atoms with van der Waals surface area (Å²) in [4.78, 5) is 35.2. The number of hydrogen-bond acceptors (Lipinski definition) is 4. The first-order chi connectivity index (χ1) is 11.8. The molecule has 0 aliphatic rings. The molecule has 0 heterocycles. The van der Waals surface area contributed by atoms with Gasteiger partial charge in [-0.3, -0.25) is 4.79 Å². The number of ketones is 1. The predicted octanol–water partition coefficient (Wildman–Crippen LogP) is 4.10. The molecular formula is C19H20N2O4. The van der Waals surface area contributed by atoms with Crippen LogP contribution in [-0.4, -0.2) is 23.9 Å². The summed E-state index contributed by atoms with van der Waals surface area (Å²) >= 11 is 0. The molecule has 0 radical (unpaired) electrons. The number of anilines is 2. The number of benzene rings is 2. The van der Waals surface area contributed by atoms with Crippen molar-refractivity contribution < 1.29 is 19.1 Å². The van der Waals surface area contributed by atoms with Gasteiger partial charge in [0.1, 0.15) is 0 Å². The van der Waals surface area contributed by atoms with Crippen LogP contribution in [-0.2, 0) is 4.74 Å². The fourth-order valence-electron chi connectivity index (χ4n) is 2.08. The van der Waals surface area contributed by atoms with Gasteiger partial charge in [-0.1, -0.05) is 12.1 Å². The van der Waals surface area contributed by atoms with E-state index in [9.17, 15) is 14.4 Å². The van der Waals surface area contributed by atoms with Crippen molar-refractivity contribution in [2.75, 3.05) is 10.6 Å². The second-order valence-corrected chi connectivity index (χ2v) is 5.75. The quantitative estimate of drug-likeness (QED) is 0.634. The number of rotatable bonds is 5. The van der Waals surface area contributed by atoms with Crippen LogP contribution >= 0.6 is 0 Å². The first kappa shape index (κ1) is 18.2. The Bertz CT molecular complexity index is 782. The van der Waals surface area contributed by atoms with Crippen LogP contribution in [0.2, 0.25) is 0 Å². The number of hydrogen-bond donors (Lipinski definition) is 2. The molecule has 0 unspecified atom stereocenters. The van der Waals surface area contributed by atoms with E-state index in [1.807, 2.05) is 0 Å². The average Bonchev–Trinajstić information content (AvgIpc) is 2.55. The third-order valence-electron chi connectivity index (χ3n) is 3.25. The van der Waals surface area contributed by atoms with E-state index >= 15 is 0 Å². The van der Waals surface area contributed by atoms with Crippen LogP contribution in [0.15, 0.2) is 48.5 Å². The zero-order valence-corrected chi connectivity index (χ0v) is 14.3. The molecule has 2 rings (SSSR count). The summed E-state index contributed by atoms with van der Waals surface area (Å²) in [6.07, 6.45) is -0.193. The zero-order valence-electron chi connectivity index (χ0n) is 14.3. The van der Waals surface area contributed by atoms with Gasteiger partial charge in [0.05, 0.1) is 11.7 Å². The minimum Gasteiger partial charge on any atom is -0.459 e. The van der Waals surface area contributed by atoms with Gasteiger partial charge in [0, 0.05) is 16.9 Å². The van der Waals surface area contributed by atoms with Crippen LogP contribution < -0.4 is 10.6 Å². The Morgan fingerprint density at radius 3 is 2.12 bits per heavy atom. The lowest BCUT2D eigenvalue weighted by molar-refractivity contribution is 0.0378. The number of nitrogens with one attached hydrogen (secondary N) is 2. The Balaban J connectivity index is 1.97. The van der Waals surface area contributed by atoms with Crippen molar-refractivity contribution in [1.29, 1.82) is 0 Å². The average molecular weight is 340 g/mol. The maximum atomic E-state index is 12.0. The Morgan fingerprint density at radius 2 is 1.52 bits per heavy atom. The molecule has 0 aromatic heterocycles. The van der Waals surface area contributed by atoms with Crippen molar-refractivity contribution in [3.63, 3.8) is 0 Å². The van der Waals surface area contributed by atoms with Crippen molar-refractivity contribution in [3.05, 3.63) is 59.7 Å². The van der Waals surface area contributed by atoms with Crippen LogP contribution in [0.5, 0.6) is 0 Å². The maximum absolute atomic E-state index is 12.0. The topological polar surface area (TPSA) is 84.5 Å². The lowest BCUT2D eigenvalue weighted by Crippen LogP contribution is -2.19. The molecule has 0 bridgehead atoms. The van der Waals surface area contributed by atoms with Crippen molar-refractivity contribution >= 4 is 29.2 Å². The SMILES string of the molecule is CC(=O)c1cccc(NC(=O)Nc2ccc(C(=O)OC(C)C)cc2)c1. The van der Waals surface area contributed by atoms with Crippen molar-refractivity contribution in [3.8, 4) is 0 Å². The maximum Gasteiger partial charge on any atom is 0.338 e. The molecule has 0 spiro atoms. The van der Waals surface area contributed by atoms with Gasteiger partial charge in [0.25, 0.3) is 0 Å². The second kappa shape index (κ2) is 8.10. The number of Topliss-reactive ketones (excluding diaryl/α,β-unsaturated/α-hetero) is 1. The largest absolute Gasteiger partial charge is 0.459 e. The molecule has 0 saturated heterocycles. The summed E-state index contributed by atoms with van der Waals surface area (Å²) in [7, 11) is 0. The van der Waals surface area contributed by atoms with E-state index in [1.165, 1.54) is 6.92 Å². The monoisotopic (exact) mass is 340 g/mol. The fourth-order valence-corrected chi connectivity index (χ4v) is 2.08. The molecule has 130 valence electrons. The van der Waals surface area contributed by atoms with Gasteiger partial charge in [-0.25, -0.2) is 9.59 Å². The van der Waals surface area contributed by atoms with E-state index in [0.717, 1.165) is 0 Å². The molecular weight excluding hydrogens is 320 g/mol. The number of amides is 2. The second-order valence-electron chi connectivity index (χ2n) is 5.75. The highest BCUT2D eigenvalue weighted by molar-refractivity contribution is 6.01. The fraction of sp³-hybridized carbons (Fsp3) is 0.211. The molecule has 6 nitrogen and oxygen atoms in total. The Kier molecular flexibility index (Phi) is 5.89. The summed E-state index contributed by atoms with van der Waals surface area (Å²) in [5, 5.41) is 5.31. The van der Waals surface area contributed by atoms with Crippen LogP contribution in [0.25, 0.3) is 0 Å². The first-order valence-electron chi connectivity index (χ1n) is 7.85. The molecule has 0 atom stereocenters. The smallest absolute Gasteiger partial charge is 0.338 e. The van der Waals surface area contributed by atoms with Crippen molar-refractivity contribution in [2.24, 2.45) is 0 Å². The van der Waals surface area contributed by atoms with Gasteiger partial charge in [-0.05, 0) is 57.2 Å². The molecule has 2 amide bonds. The van der Waals surface area contributed by atoms with Crippen molar-refractivity contribution in [1.82, 2.24) is 0 Å². The van der Waals surface area contributed by atoms with Gasteiger partial charge in [0.2, 0.25) is 0 Å². The Morgan fingerprint density at radius 1 is 0.880 bits per heavy atom. The van der Waals surface area contributed by atoms with Crippen LogP contribution in [0.3, 0.4) is 0 Å². The van der Waals surface area contributed by atoms with Crippen molar-refractivity contribution in [2.45, 2.75) is 26.9 Å². The summed E-state index contributed by atoms with van der Waals surface area (Å²) in [5.74, 6) is -0.486. The van der Waals surface area contributed by atoms with E-state index in [2.05, 4.69) is 10.6 Å². The van der Waals surface area contributed by atoms with Gasteiger partial charge in [0.15, 0.2) is 5.78 Å². The summed E-state index contributed by atoms with van der Waals surface area (Å²) in [6.45, 7) is 5.02. The number of esters is 1. The highest BCUT2D eigenvalue weighted by Gasteiger charge is 2.10. The number of ether oxygens (including phenoxy) is 1. The normalized spacial score (nSPS) is 10.2. The zero-order chi connectivity index (χ0) is 18.4. The van der Waals surface area contributed by atoms with Gasteiger partial charge < -0.3 is 15.4 Å². The number of carbonyl (C=O) groups is 3. The molecule has 25 heavy (non-hydrogen) atoms. The molecule has 2 aromatic rings. The predicted molar refractivity (Wildman–Crippen MR) is 96.1 cm³/mol. The van der Waals surface area contributed by atoms with E-state index in [1.54, 1.807) is 62.4 Å². The van der Waals surface area contributed by atoms with Crippen LogP contribution in [0.4, 0.5) is 16.2 Å². The molecule has 6 heteroatoms. The molecule has 2 aromatic carbocycles. The van der Waals surface area contributed by atoms with Gasteiger partial charge >= 0.3 is 12.0 Å². The molecule has 2 N–H and O–H groups in total. The highest BCUT2D eigenvalue weighted by Crippen LogP contribution is 2.14. The Labute approximate surface area is 146 Å². The molecule has 0 fully saturated rings. The van der Waals surface area contributed by atoms with E-state index in [-0.39, 0.29) is 11.9 Å². The number of carbonyl (C=O) groups excluding carboxylic acids is 3. The standard InChI is InChI=1S/C19H20N2O4/c1-12(2)25-18(23)14-7-9-16(10-8-14)20-19(24)21-17-6-4-5-15(11-17)13(3)22/h4-12H,1-3H3,(H2,20,21,24). The minimum atomic E-state index is -0.446. The van der Waals surface area contributed by atoms with Crippen LogP contribution in [0, 0.1) is 0 Å².